The molecule has 0 spiro atoms. The van der Waals surface area contributed by atoms with Gasteiger partial charge in [-0.1, -0.05) is 15.9 Å². The summed E-state index contributed by atoms with van der Waals surface area (Å²) >= 11 is 3.21. The molecule has 2 rings (SSSR count). The van der Waals surface area contributed by atoms with Gasteiger partial charge >= 0.3 is 5.69 Å². The first-order valence-corrected chi connectivity index (χ1v) is 4.99. The number of hydrogen-bond acceptors (Lipinski definition) is 3. The van der Waals surface area contributed by atoms with Gasteiger partial charge in [-0.15, -0.1) is 0 Å². The van der Waals surface area contributed by atoms with Crippen LogP contribution in [0.25, 0.3) is 11.2 Å². The van der Waals surface area contributed by atoms with Gasteiger partial charge in [0.2, 0.25) is 0 Å². The van der Waals surface area contributed by atoms with E-state index in [1.54, 1.807) is 7.05 Å². The molecule has 0 aliphatic rings. The van der Waals surface area contributed by atoms with Gasteiger partial charge in [0.15, 0.2) is 5.65 Å². The summed E-state index contributed by atoms with van der Waals surface area (Å²) in [6.45, 7) is 0. The van der Waals surface area contributed by atoms with Crippen LogP contribution in [-0.4, -0.2) is 19.5 Å². The van der Waals surface area contributed by atoms with E-state index in [9.17, 15) is 9.59 Å². The van der Waals surface area contributed by atoms with E-state index in [1.165, 1.54) is 4.57 Å². The van der Waals surface area contributed by atoms with Gasteiger partial charge in [-0.25, -0.2) is 9.78 Å². The Hall–Kier alpha value is -1.37. The fraction of sp³-hybridized carbons (Fsp3) is 0.286. The number of hydrogen-bond donors (Lipinski definition) is 2. The van der Waals surface area contributed by atoms with Gasteiger partial charge < -0.3 is 4.98 Å². The largest absolute Gasteiger partial charge is 0.335 e. The van der Waals surface area contributed by atoms with Crippen molar-refractivity contribution in [2.24, 2.45) is 7.05 Å². The molecule has 74 valence electrons. The highest BCUT2D eigenvalue weighted by molar-refractivity contribution is 9.08. The Morgan fingerprint density at radius 1 is 1.43 bits per heavy atom. The lowest BCUT2D eigenvalue weighted by atomic mass is 10.5. The first-order chi connectivity index (χ1) is 6.63. The van der Waals surface area contributed by atoms with Crippen molar-refractivity contribution in [2.75, 3.05) is 0 Å². The predicted molar refractivity (Wildman–Crippen MR) is 54.6 cm³/mol. The highest BCUT2D eigenvalue weighted by Crippen LogP contribution is 2.05. The Labute approximate surface area is 86.1 Å². The van der Waals surface area contributed by atoms with Crippen LogP contribution in [0.15, 0.2) is 9.59 Å². The molecule has 14 heavy (non-hydrogen) atoms. The van der Waals surface area contributed by atoms with Crippen molar-refractivity contribution in [3.63, 3.8) is 0 Å². The summed E-state index contributed by atoms with van der Waals surface area (Å²) in [6, 6.07) is 0. The SMILES string of the molecule is Cn1c(=O)[nH]c(=O)c2[nH]c(CBr)nc21. The summed E-state index contributed by atoms with van der Waals surface area (Å²) in [6.07, 6.45) is 0. The molecule has 2 heterocycles. The predicted octanol–water partition coefficient (Wildman–Crippen LogP) is -0.155. The summed E-state index contributed by atoms with van der Waals surface area (Å²) in [5, 5.41) is 0.509. The minimum atomic E-state index is -0.463. The molecule has 0 saturated carbocycles. The summed E-state index contributed by atoms with van der Waals surface area (Å²) in [7, 11) is 1.56. The maximum atomic E-state index is 11.3. The van der Waals surface area contributed by atoms with E-state index in [0.717, 1.165) is 0 Å². The van der Waals surface area contributed by atoms with Crippen molar-refractivity contribution in [1.29, 1.82) is 0 Å². The number of rotatable bonds is 1. The summed E-state index contributed by atoms with van der Waals surface area (Å²) in [4.78, 5) is 31.6. The van der Waals surface area contributed by atoms with Gasteiger partial charge in [-0.2, -0.15) is 0 Å². The second kappa shape index (κ2) is 3.09. The van der Waals surface area contributed by atoms with Crippen LogP contribution in [0.3, 0.4) is 0 Å². The molecule has 2 aromatic heterocycles. The Morgan fingerprint density at radius 3 is 2.79 bits per heavy atom. The third-order valence-electron chi connectivity index (χ3n) is 1.93. The first-order valence-electron chi connectivity index (χ1n) is 3.87. The summed E-state index contributed by atoms with van der Waals surface area (Å²) in [5.41, 5.74) is -0.215. The third-order valence-corrected chi connectivity index (χ3v) is 2.46. The van der Waals surface area contributed by atoms with Crippen molar-refractivity contribution in [2.45, 2.75) is 5.33 Å². The van der Waals surface area contributed by atoms with E-state index in [4.69, 9.17) is 0 Å². The number of aryl methyl sites for hydroxylation is 1. The van der Waals surface area contributed by atoms with Crippen LogP contribution < -0.4 is 11.2 Å². The molecule has 2 N–H and O–H groups in total. The van der Waals surface area contributed by atoms with E-state index in [1.807, 2.05) is 0 Å². The standard InChI is InChI=1S/C7H7BrN4O2/c1-12-5-4(6(13)11-7(12)14)9-3(2-8)10-5/h2H2,1H3,(H,9,10)(H,11,13,14). The van der Waals surface area contributed by atoms with Crippen molar-refractivity contribution in [1.82, 2.24) is 19.5 Å². The first kappa shape index (κ1) is 9.20. The number of nitrogens with one attached hydrogen (secondary N) is 2. The third kappa shape index (κ3) is 1.20. The molecular formula is C7H7BrN4O2. The normalized spacial score (nSPS) is 11.0. The molecule has 0 saturated heterocycles. The average Bonchev–Trinajstić information content (AvgIpc) is 2.58. The van der Waals surface area contributed by atoms with E-state index in [2.05, 4.69) is 30.9 Å². The van der Waals surface area contributed by atoms with E-state index >= 15 is 0 Å². The zero-order valence-electron chi connectivity index (χ0n) is 7.30. The quantitative estimate of drug-likeness (QED) is 0.698. The molecule has 0 fully saturated rings. The molecule has 0 aliphatic heterocycles. The maximum absolute atomic E-state index is 11.3. The fourth-order valence-electron chi connectivity index (χ4n) is 1.22. The minimum Gasteiger partial charge on any atom is -0.335 e. The van der Waals surface area contributed by atoms with Crippen LogP contribution in [0.4, 0.5) is 0 Å². The number of alkyl halides is 1. The molecule has 0 amide bonds. The maximum Gasteiger partial charge on any atom is 0.329 e. The number of nitrogens with zero attached hydrogens (tertiary/aromatic N) is 2. The van der Waals surface area contributed by atoms with Gasteiger partial charge in [-0.05, 0) is 0 Å². The van der Waals surface area contributed by atoms with Crippen LogP contribution in [-0.2, 0) is 12.4 Å². The molecule has 2 aromatic rings. The highest BCUT2D eigenvalue weighted by Gasteiger charge is 2.09. The van der Waals surface area contributed by atoms with Crippen LogP contribution in [0, 0.1) is 0 Å². The molecule has 6 nitrogen and oxygen atoms in total. The molecule has 7 heteroatoms. The number of aromatic amines is 2. The van der Waals surface area contributed by atoms with E-state index < -0.39 is 11.2 Å². The van der Waals surface area contributed by atoms with Crippen LogP contribution >= 0.6 is 15.9 Å². The molecule has 0 unspecified atom stereocenters. The number of halogens is 1. The molecular weight excluding hydrogens is 252 g/mol. The summed E-state index contributed by atoms with van der Waals surface area (Å²) in [5.74, 6) is 0.617. The Balaban J connectivity index is 2.99. The van der Waals surface area contributed by atoms with Crippen LogP contribution in [0.5, 0.6) is 0 Å². The molecule has 0 aliphatic carbocycles. The Kier molecular flexibility index (Phi) is 2.03. The summed E-state index contributed by atoms with van der Waals surface area (Å²) < 4.78 is 1.29. The van der Waals surface area contributed by atoms with Gasteiger partial charge in [0.25, 0.3) is 5.56 Å². The van der Waals surface area contributed by atoms with Crippen LogP contribution in [0.2, 0.25) is 0 Å². The second-order valence-electron chi connectivity index (χ2n) is 2.83. The molecule has 0 radical (unpaired) electrons. The lowest BCUT2D eigenvalue weighted by molar-refractivity contribution is 0.831. The van der Waals surface area contributed by atoms with Crippen molar-refractivity contribution in [3.8, 4) is 0 Å². The van der Waals surface area contributed by atoms with Crippen molar-refractivity contribution < 1.29 is 0 Å². The van der Waals surface area contributed by atoms with Gasteiger partial charge in [0, 0.05) is 7.05 Å². The van der Waals surface area contributed by atoms with E-state index in [0.29, 0.717) is 22.3 Å². The highest BCUT2D eigenvalue weighted by atomic mass is 79.9. The Morgan fingerprint density at radius 2 is 2.14 bits per heavy atom. The lowest BCUT2D eigenvalue weighted by Gasteiger charge is -1.94. The van der Waals surface area contributed by atoms with Gasteiger partial charge in [0.05, 0.1) is 5.33 Å². The van der Waals surface area contributed by atoms with Crippen molar-refractivity contribution >= 4 is 27.1 Å². The number of H-pyrrole nitrogens is 2. The average molecular weight is 259 g/mol. The molecule has 0 bridgehead atoms. The van der Waals surface area contributed by atoms with Gasteiger partial charge in [0.1, 0.15) is 11.3 Å². The minimum absolute atomic E-state index is 0.321. The second-order valence-corrected chi connectivity index (χ2v) is 3.39. The zero-order chi connectivity index (χ0) is 10.3. The zero-order valence-corrected chi connectivity index (χ0v) is 8.88. The lowest BCUT2D eigenvalue weighted by Crippen LogP contribution is -2.28. The van der Waals surface area contributed by atoms with Gasteiger partial charge in [-0.3, -0.25) is 14.3 Å². The smallest absolute Gasteiger partial charge is 0.329 e. The molecule has 0 aromatic carbocycles. The van der Waals surface area contributed by atoms with E-state index in [-0.39, 0.29) is 0 Å². The van der Waals surface area contributed by atoms with Crippen LogP contribution in [0.1, 0.15) is 5.82 Å². The molecule has 0 atom stereocenters. The number of fused-ring (bicyclic) bond motifs is 1. The number of imidazole rings is 1. The van der Waals surface area contributed by atoms with Crippen molar-refractivity contribution in [3.05, 3.63) is 26.7 Å². The topological polar surface area (TPSA) is 83.5 Å². The fourth-order valence-corrected chi connectivity index (χ4v) is 1.48. The monoisotopic (exact) mass is 258 g/mol. The number of aromatic nitrogens is 4. The Bertz CT molecular complexity index is 594.